The van der Waals surface area contributed by atoms with Crippen LogP contribution >= 0.6 is 0 Å². The van der Waals surface area contributed by atoms with Gasteiger partial charge in [-0.05, 0) is 42.3 Å². The molecule has 0 fully saturated rings. The Bertz CT molecular complexity index is 1200. The number of para-hydroxylation sites is 1. The molecule has 0 aliphatic heterocycles. The largest absolute Gasteiger partial charge is 0.390 e. The lowest BCUT2D eigenvalue weighted by Crippen LogP contribution is -2.55. The van der Waals surface area contributed by atoms with Crippen molar-refractivity contribution in [1.29, 1.82) is 0 Å². The van der Waals surface area contributed by atoms with Crippen molar-refractivity contribution in [3.63, 3.8) is 0 Å². The number of hydrogen-bond acceptors (Lipinski definition) is 5. The minimum absolute atomic E-state index is 0.0903. The molecular weight excluding hydrogens is 473 g/mol. The molecule has 2 aromatic carbocycles. The summed E-state index contributed by atoms with van der Waals surface area (Å²) in [7, 11) is 0. The fourth-order valence-corrected chi connectivity index (χ4v) is 4.22. The smallest absolute Gasteiger partial charge is 0.273 e. The number of nitrogens with zero attached hydrogens (tertiary/aromatic N) is 3. The van der Waals surface area contributed by atoms with Crippen LogP contribution in [0.2, 0.25) is 0 Å². The first-order valence-electron chi connectivity index (χ1n) is 12.7. The number of fused-ring (bicyclic) bond motifs is 1. The lowest BCUT2D eigenvalue weighted by atomic mass is 9.86. The Morgan fingerprint density at radius 2 is 1.73 bits per heavy atom. The zero-order valence-corrected chi connectivity index (χ0v) is 22.3. The highest BCUT2D eigenvalue weighted by atomic mass is 19.1. The zero-order chi connectivity index (χ0) is 27.2. The van der Waals surface area contributed by atoms with Gasteiger partial charge in [0.1, 0.15) is 11.9 Å². The summed E-state index contributed by atoms with van der Waals surface area (Å²) in [5, 5.41) is 21.2. The van der Waals surface area contributed by atoms with Crippen molar-refractivity contribution in [3.8, 4) is 0 Å². The van der Waals surface area contributed by atoms with Gasteiger partial charge in [-0.2, -0.15) is 5.10 Å². The first kappa shape index (κ1) is 28.3. The summed E-state index contributed by atoms with van der Waals surface area (Å²) in [6.45, 7) is 12.2. The quantitative estimate of drug-likeness (QED) is 0.367. The molecule has 0 unspecified atom stereocenters. The maximum absolute atomic E-state index is 13.4. The molecular formula is C28H38FN5O3. The average molecular weight is 512 g/mol. The number of aliphatic hydroxyl groups excluding tert-OH is 1. The van der Waals surface area contributed by atoms with Gasteiger partial charge in [0.05, 0.1) is 18.2 Å². The van der Waals surface area contributed by atoms with E-state index in [1.807, 2.05) is 58.9 Å². The van der Waals surface area contributed by atoms with E-state index in [1.165, 1.54) is 12.1 Å². The topological polar surface area (TPSA) is 99.5 Å². The molecule has 2 atom stereocenters. The van der Waals surface area contributed by atoms with E-state index in [1.54, 1.807) is 16.8 Å². The monoisotopic (exact) mass is 511 g/mol. The second kappa shape index (κ2) is 12.3. The van der Waals surface area contributed by atoms with Crippen molar-refractivity contribution < 1.29 is 19.1 Å². The molecule has 0 spiro atoms. The Morgan fingerprint density at radius 3 is 2.35 bits per heavy atom. The predicted octanol–water partition coefficient (Wildman–Crippen LogP) is 3.19. The van der Waals surface area contributed by atoms with Gasteiger partial charge in [-0.1, -0.05) is 65.0 Å². The first-order valence-corrected chi connectivity index (χ1v) is 12.7. The number of nitrogens with one attached hydrogen (secondary N) is 2. The summed E-state index contributed by atoms with van der Waals surface area (Å²) < 4.78 is 15.0. The summed E-state index contributed by atoms with van der Waals surface area (Å²) in [4.78, 5) is 28.6. The van der Waals surface area contributed by atoms with Crippen molar-refractivity contribution >= 4 is 22.7 Å². The standard InChI is InChI=1S/C28H38FN5O3/c1-6-33(7-2)18-21(35)16-30-27(37)25(28(3,4)5)31-26(36)24-22-10-8-9-11-23(22)34(32-24)17-19-12-14-20(29)15-13-19/h8-15,21,25,35H,6-7,16-18H2,1-5H3,(H,30,37)(H,31,36)/t21-,25+/m0/s1. The summed E-state index contributed by atoms with van der Waals surface area (Å²) in [5.74, 6) is -1.15. The molecule has 8 nitrogen and oxygen atoms in total. The summed E-state index contributed by atoms with van der Waals surface area (Å²) in [6.07, 6.45) is -0.716. The third kappa shape index (κ3) is 7.36. The number of amides is 2. The molecule has 0 bridgehead atoms. The highest BCUT2D eigenvalue weighted by molar-refractivity contribution is 6.06. The van der Waals surface area contributed by atoms with Crippen LogP contribution in [0, 0.1) is 11.2 Å². The Morgan fingerprint density at radius 1 is 1.08 bits per heavy atom. The number of hydrogen-bond donors (Lipinski definition) is 3. The maximum Gasteiger partial charge on any atom is 0.273 e. The molecule has 1 heterocycles. The molecule has 3 rings (SSSR count). The van der Waals surface area contributed by atoms with Crippen molar-refractivity contribution in [2.45, 2.75) is 53.3 Å². The highest BCUT2D eigenvalue weighted by Gasteiger charge is 2.34. The number of aliphatic hydroxyl groups is 1. The maximum atomic E-state index is 13.4. The van der Waals surface area contributed by atoms with Crippen molar-refractivity contribution in [1.82, 2.24) is 25.3 Å². The number of carbonyl (C=O) groups excluding carboxylic acids is 2. The molecule has 0 saturated heterocycles. The fraction of sp³-hybridized carbons (Fsp3) is 0.464. The van der Waals surface area contributed by atoms with Crippen LogP contribution in [-0.4, -0.2) is 69.9 Å². The summed E-state index contributed by atoms with van der Waals surface area (Å²) in [6, 6.07) is 12.7. The predicted molar refractivity (Wildman–Crippen MR) is 143 cm³/mol. The number of aromatic nitrogens is 2. The zero-order valence-electron chi connectivity index (χ0n) is 22.3. The van der Waals surface area contributed by atoms with E-state index >= 15 is 0 Å². The lowest BCUT2D eigenvalue weighted by Gasteiger charge is -2.30. The first-order chi connectivity index (χ1) is 17.5. The Labute approximate surface area is 217 Å². The molecule has 0 aliphatic carbocycles. The van der Waals surface area contributed by atoms with Crippen LogP contribution in [0.5, 0.6) is 0 Å². The lowest BCUT2D eigenvalue weighted by molar-refractivity contribution is -0.125. The van der Waals surface area contributed by atoms with Crippen LogP contribution in [-0.2, 0) is 11.3 Å². The normalized spacial score (nSPS) is 13.5. The molecule has 200 valence electrons. The van der Waals surface area contributed by atoms with Crippen molar-refractivity contribution in [3.05, 3.63) is 65.6 Å². The Hall–Kier alpha value is -3.30. The van der Waals surface area contributed by atoms with E-state index in [0.29, 0.717) is 18.5 Å². The van der Waals surface area contributed by atoms with Gasteiger partial charge in [-0.3, -0.25) is 14.3 Å². The van der Waals surface area contributed by atoms with Crippen LogP contribution < -0.4 is 10.6 Å². The van der Waals surface area contributed by atoms with E-state index in [2.05, 4.69) is 20.6 Å². The van der Waals surface area contributed by atoms with Crippen LogP contribution in [0.15, 0.2) is 48.5 Å². The number of rotatable bonds is 11. The Balaban J connectivity index is 1.78. The second-order valence-electron chi connectivity index (χ2n) is 10.3. The molecule has 3 aromatic rings. The van der Waals surface area contributed by atoms with Crippen LogP contribution in [0.1, 0.15) is 50.7 Å². The fourth-order valence-electron chi connectivity index (χ4n) is 4.22. The Kier molecular flexibility index (Phi) is 9.39. The second-order valence-corrected chi connectivity index (χ2v) is 10.3. The molecule has 0 aliphatic rings. The highest BCUT2D eigenvalue weighted by Crippen LogP contribution is 2.23. The average Bonchev–Trinajstić information content (AvgIpc) is 3.23. The van der Waals surface area contributed by atoms with Gasteiger partial charge in [0.2, 0.25) is 5.91 Å². The number of carbonyl (C=O) groups is 2. The molecule has 37 heavy (non-hydrogen) atoms. The number of likely N-dealkylation sites (N-methyl/N-ethyl adjacent to an activating group) is 1. The van der Waals surface area contributed by atoms with Gasteiger partial charge in [0, 0.05) is 18.5 Å². The molecule has 3 N–H and O–H groups in total. The number of halogens is 1. The minimum atomic E-state index is -0.846. The van der Waals surface area contributed by atoms with E-state index in [0.717, 1.165) is 24.2 Å². The summed E-state index contributed by atoms with van der Waals surface area (Å²) >= 11 is 0. The van der Waals surface area contributed by atoms with Gasteiger partial charge < -0.3 is 20.6 Å². The summed E-state index contributed by atoms with van der Waals surface area (Å²) in [5.41, 5.74) is 1.22. The molecule has 0 saturated carbocycles. The van der Waals surface area contributed by atoms with E-state index in [-0.39, 0.29) is 24.0 Å². The molecule has 1 aromatic heterocycles. The van der Waals surface area contributed by atoms with Crippen molar-refractivity contribution in [2.75, 3.05) is 26.2 Å². The van der Waals surface area contributed by atoms with Gasteiger partial charge >= 0.3 is 0 Å². The van der Waals surface area contributed by atoms with Gasteiger partial charge in [0.25, 0.3) is 5.91 Å². The molecule has 9 heteroatoms. The minimum Gasteiger partial charge on any atom is -0.390 e. The SMILES string of the molecule is CCN(CC)C[C@@H](O)CNC(=O)[C@@H](NC(=O)c1nn(Cc2ccc(F)cc2)c2ccccc12)C(C)(C)C. The van der Waals surface area contributed by atoms with E-state index < -0.39 is 23.5 Å². The molecule has 0 radical (unpaired) electrons. The van der Waals surface area contributed by atoms with Gasteiger partial charge in [-0.15, -0.1) is 0 Å². The molecule has 2 amide bonds. The third-order valence-electron chi connectivity index (χ3n) is 6.40. The van der Waals surface area contributed by atoms with Crippen molar-refractivity contribution in [2.24, 2.45) is 5.41 Å². The van der Waals surface area contributed by atoms with Gasteiger partial charge in [0.15, 0.2) is 5.69 Å². The van der Waals surface area contributed by atoms with Crippen LogP contribution in [0.3, 0.4) is 0 Å². The van der Waals surface area contributed by atoms with E-state index in [9.17, 15) is 19.1 Å². The van der Waals surface area contributed by atoms with Crippen LogP contribution in [0.4, 0.5) is 4.39 Å². The van der Waals surface area contributed by atoms with E-state index in [4.69, 9.17) is 0 Å². The van der Waals surface area contributed by atoms with Gasteiger partial charge in [-0.25, -0.2) is 4.39 Å². The third-order valence-corrected chi connectivity index (χ3v) is 6.40. The number of benzene rings is 2. The van der Waals surface area contributed by atoms with Crippen LogP contribution in [0.25, 0.3) is 10.9 Å².